The molecular weight excluding hydrogens is 320 g/mol. The van der Waals surface area contributed by atoms with E-state index < -0.39 is 11.8 Å². The lowest BCUT2D eigenvalue weighted by molar-refractivity contribution is -0.136. The molecule has 25 heavy (non-hydrogen) atoms. The highest BCUT2D eigenvalue weighted by atomic mass is 16.5. The summed E-state index contributed by atoms with van der Waals surface area (Å²) in [5.74, 6) is -0.202. The summed E-state index contributed by atoms with van der Waals surface area (Å²) in [5.41, 5.74) is 1.33. The number of carbonyl (C=O) groups is 2. The van der Waals surface area contributed by atoms with Gasteiger partial charge in [-0.1, -0.05) is 24.3 Å². The van der Waals surface area contributed by atoms with Gasteiger partial charge in [-0.25, -0.2) is 0 Å². The number of amides is 2. The van der Waals surface area contributed by atoms with E-state index in [1.54, 1.807) is 43.5 Å². The van der Waals surface area contributed by atoms with Gasteiger partial charge in [0.05, 0.1) is 18.9 Å². The van der Waals surface area contributed by atoms with Crippen LogP contribution in [0.3, 0.4) is 0 Å². The maximum absolute atomic E-state index is 12.1. The van der Waals surface area contributed by atoms with E-state index in [9.17, 15) is 9.59 Å². The quantitative estimate of drug-likeness (QED) is 0.792. The number of para-hydroxylation sites is 2. The van der Waals surface area contributed by atoms with E-state index in [2.05, 4.69) is 10.6 Å². The maximum atomic E-state index is 12.1. The van der Waals surface area contributed by atoms with Crippen molar-refractivity contribution in [3.8, 4) is 11.5 Å². The molecule has 2 rings (SSSR count). The third kappa shape index (κ3) is 5.53. The van der Waals surface area contributed by atoms with Gasteiger partial charge >= 0.3 is 11.8 Å². The molecule has 0 aliphatic rings. The number of hydrogen-bond donors (Lipinski definition) is 2. The molecular formula is C19H22N2O4. The summed E-state index contributed by atoms with van der Waals surface area (Å²) >= 11 is 0. The fraction of sp³-hybridized carbons (Fsp3) is 0.263. The second-order valence-electron chi connectivity index (χ2n) is 5.65. The van der Waals surface area contributed by atoms with Gasteiger partial charge in [-0.05, 0) is 43.7 Å². The first kappa shape index (κ1) is 18.3. The predicted molar refractivity (Wildman–Crippen MR) is 95.7 cm³/mol. The normalized spacial score (nSPS) is 10.2. The summed E-state index contributed by atoms with van der Waals surface area (Å²) in [6.45, 7) is 4.03. The topological polar surface area (TPSA) is 76.7 Å². The van der Waals surface area contributed by atoms with Gasteiger partial charge in [-0.2, -0.15) is 0 Å². The zero-order valence-electron chi connectivity index (χ0n) is 14.5. The predicted octanol–water partition coefficient (Wildman–Crippen LogP) is 2.74. The summed E-state index contributed by atoms with van der Waals surface area (Å²) < 4.78 is 10.7. The van der Waals surface area contributed by atoms with Crippen molar-refractivity contribution in [1.82, 2.24) is 5.32 Å². The number of anilines is 1. The molecule has 0 heterocycles. The number of hydrogen-bond acceptors (Lipinski definition) is 4. The molecule has 0 unspecified atom stereocenters. The van der Waals surface area contributed by atoms with Crippen LogP contribution in [0.25, 0.3) is 0 Å². The van der Waals surface area contributed by atoms with Gasteiger partial charge in [-0.3, -0.25) is 9.59 Å². The van der Waals surface area contributed by atoms with E-state index in [-0.39, 0.29) is 12.6 Å². The number of rotatable bonds is 6. The minimum atomic E-state index is -0.742. The minimum absolute atomic E-state index is 0.0399. The first-order valence-electron chi connectivity index (χ1n) is 7.97. The van der Waals surface area contributed by atoms with E-state index >= 15 is 0 Å². The average Bonchev–Trinajstić information content (AvgIpc) is 2.61. The SMILES string of the molecule is COc1ccc(CNC(=O)C(=O)Nc2ccccc2OC(C)C)cc1. The van der Waals surface area contributed by atoms with Crippen molar-refractivity contribution < 1.29 is 19.1 Å². The molecule has 2 aromatic carbocycles. The molecule has 0 aliphatic carbocycles. The molecule has 0 radical (unpaired) electrons. The monoisotopic (exact) mass is 342 g/mol. The lowest BCUT2D eigenvalue weighted by Gasteiger charge is -2.14. The summed E-state index contributed by atoms with van der Waals surface area (Å²) in [7, 11) is 1.59. The fourth-order valence-electron chi connectivity index (χ4n) is 2.11. The van der Waals surface area contributed by atoms with Crippen molar-refractivity contribution in [3.63, 3.8) is 0 Å². The Hall–Kier alpha value is -3.02. The first-order valence-corrected chi connectivity index (χ1v) is 7.97. The van der Waals surface area contributed by atoms with Crippen LogP contribution in [0.4, 0.5) is 5.69 Å². The van der Waals surface area contributed by atoms with Gasteiger partial charge in [0, 0.05) is 6.54 Å². The van der Waals surface area contributed by atoms with Gasteiger partial charge in [0.1, 0.15) is 11.5 Å². The van der Waals surface area contributed by atoms with Gasteiger partial charge in [0.15, 0.2) is 0 Å². The van der Waals surface area contributed by atoms with E-state index in [1.165, 1.54) is 0 Å². The van der Waals surface area contributed by atoms with Crippen molar-refractivity contribution in [1.29, 1.82) is 0 Å². The lowest BCUT2D eigenvalue weighted by Crippen LogP contribution is -2.35. The molecule has 6 nitrogen and oxygen atoms in total. The largest absolute Gasteiger partial charge is 0.497 e. The van der Waals surface area contributed by atoms with Crippen molar-refractivity contribution in [2.75, 3.05) is 12.4 Å². The molecule has 132 valence electrons. The molecule has 0 bridgehead atoms. The van der Waals surface area contributed by atoms with Crippen molar-refractivity contribution in [3.05, 3.63) is 54.1 Å². The smallest absolute Gasteiger partial charge is 0.313 e. The summed E-state index contributed by atoms with van der Waals surface area (Å²) in [6.07, 6.45) is -0.0399. The number of benzene rings is 2. The Kier molecular flexibility index (Phi) is 6.39. The van der Waals surface area contributed by atoms with Crippen LogP contribution >= 0.6 is 0 Å². The van der Waals surface area contributed by atoms with Gasteiger partial charge in [0.2, 0.25) is 0 Å². The Labute approximate surface area is 147 Å². The molecule has 0 fully saturated rings. The zero-order chi connectivity index (χ0) is 18.2. The minimum Gasteiger partial charge on any atom is -0.497 e. The third-order valence-corrected chi connectivity index (χ3v) is 3.32. The van der Waals surface area contributed by atoms with Crippen LogP contribution < -0.4 is 20.1 Å². The number of ether oxygens (including phenoxy) is 2. The van der Waals surface area contributed by atoms with Crippen molar-refractivity contribution in [2.45, 2.75) is 26.5 Å². The highest BCUT2D eigenvalue weighted by molar-refractivity contribution is 6.39. The second-order valence-corrected chi connectivity index (χ2v) is 5.65. The Morgan fingerprint density at radius 1 is 1.00 bits per heavy atom. The Bertz CT molecular complexity index is 726. The van der Waals surface area contributed by atoms with E-state index in [1.807, 2.05) is 26.0 Å². The molecule has 0 aliphatic heterocycles. The van der Waals surface area contributed by atoms with Gasteiger partial charge in [0.25, 0.3) is 0 Å². The molecule has 0 atom stereocenters. The van der Waals surface area contributed by atoms with Crippen LogP contribution in [-0.2, 0) is 16.1 Å². The van der Waals surface area contributed by atoms with E-state index in [4.69, 9.17) is 9.47 Å². The van der Waals surface area contributed by atoms with Crippen molar-refractivity contribution in [2.24, 2.45) is 0 Å². The maximum Gasteiger partial charge on any atom is 0.313 e. The average molecular weight is 342 g/mol. The number of methoxy groups -OCH3 is 1. The second kappa shape index (κ2) is 8.73. The standard InChI is InChI=1S/C19H22N2O4/c1-13(2)25-17-7-5-4-6-16(17)21-19(23)18(22)20-12-14-8-10-15(24-3)11-9-14/h4-11,13H,12H2,1-3H3,(H,20,22)(H,21,23). The number of carbonyl (C=O) groups excluding carboxylic acids is 2. The van der Waals surface area contributed by atoms with Crippen molar-refractivity contribution >= 4 is 17.5 Å². The van der Waals surface area contributed by atoms with Crippen LogP contribution in [0, 0.1) is 0 Å². The van der Waals surface area contributed by atoms with Gasteiger partial charge in [-0.15, -0.1) is 0 Å². The molecule has 2 aromatic rings. The summed E-state index contributed by atoms with van der Waals surface area (Å²) in [5, 5.41) is 5.16. The fourth-order valence-corrected chi connectivity index (χ4v) is 2.11. The Balaban J connectivity index is 1.93. The summed E-state index contributed by atoms with van der Waals surface area (Å²) in [4.78, 5) is 24.1. The van der Waals surface area contributed by atoms with Crippen LogP contribution in [0.5, 0.6) is 11.5 Å². The summed E-state index contributed by atoms with van der Waals surface area (Å²) in [6, 6.07) is 14.2. The first-order chi connectivity index (χ1) is 12.0. The van der Waals surface area contributed by atoms with E-state index in [0.717, 1.165) is 11.3 Å². The third-order valence-electron chi connectivity index (χ3n) is 3.32. The molecule has 2 N–H and O–H groups in total. The highest BCUT2D eigenvalue weighted by Crippen LogP contribution is 2.24. The van der Waals surface area contributed by atoms with Crippen LogP contribution in [-0.4, -0.2) is 25.0 Å². The molecule has 0 saturated heterocycles. The lowest BCUT2D eigenvalue weighted by atomic mass is 10.2. The zero-order valence-corrected chi connectivity index (χ0v) is 14.5. The van der Waals surface area contributed by atoms with Crippen LogP contribution in [0.2, 0.25) is 0 Å². The highest BCUT2D eigenvalue weighted by Gasteiger charge is 2.16. The molecule has 0 aromatic heterocycles. The van der Waals surface area contributed by atoms with Gasteiger partial charge < -0.3 is 20.1 Å². The Morgan fingerprint density at radius 3 is 2.32 bits per heavy atom. The van der Waals surface area contributed by atoms with E-state index in [0.29, 0.717) is 11.4 Å². The Morgan fingerprint density at radius 2 is 1.68 bits per heavy atom. The molecule has 0 spiro atoms. The molecule has 0 saturated carbocycles. The number of nitrogens with one attached hydrogen (secondary N) is 2. The van der Waals surface area contributed by atoms with Crippen LogP contribution in [0.1, 0.15) is 19.4 Å². The molecule has 6 heteroatoms. The molecule has 2 amide bonds. The van der Waals surface area contributed by atoms with Crippen LogP contribution in [0.15, 0.2) is 48.5 Å².